The van der Waals surface area contributed by atoms with Gasteiger partial charge in [-0.05, 0) is 75.8 Å². The number of carboxylic acids is 2. The van der Waals surface area contributed by atoms with Crippen molar-refractivity contribution in [2.24, 2.45) is 39.8 Å². The van der Waals surface area contributed by atoms with Gasteiger partial charge in [0.25, 0.3) is 0 Å². The number of carbonyl (C=O) groups is 9. The van der Waals surface area contributed by atoms with Crippen molar-refractivity contribution in [3.05, 3.63) is 0 Å². The van der Waals surface area contributed by atoms with E-state index in [0.717, 1.165) is 0 Å². The molecule has 61 heavy (non-hydrogen) atoms. The van der Waals surface area contributed by atoms with Crippen molar-refractivity contribution in [1.82, 2.24) is 37.2 Å². The highest BCUT2D eigenvalue weighted by atomic mass is 32.2. The first-order chi connectivity index (χ1) is 28.6. The van der Waals surface area contributed by atoms with E-state index in [1.54, 1.807) is 27.7 Å². The van der Waals surface area contributed by atoms with Gasteiger partial charge in [-0.2, -0.15) is 11.8 Å². The second-order valence-corrected chi connectivity index (χ2v) is 15.8. The van der Waals surface area contributed by atoms with Gasteiger partial charge in [0.1, 0.15) is 42.8 Å². The van der Waals surface area contributed by atoms with Crippen LogP contribution in [0.4, 0.5) is 0 Å². The highest BCUT2D eigenvalue weighted by molar-refractivity contribution is 7.98. The van der Waals surface area contributed by atoms with Crippen molar-refractivity contribution >= 4 is 71.0 Å². The Balaban J connectivity index is 6.08. The van der Waals surface area contributed by atoms with E-state index < -0.39 is 120 Å². The average molecular weight is 889 g/mol. The van der Waals surface area contributed by atoms with Crippen LogP contribution in [0.3, 0.4) is 0 Å². The Morgan fingerprint density at radius 1 is 0.639 bits per heavy atom. The fourth-order valence-corrected chi connectivity index (χ4v) is 6.02. The number of guanidine groups is 1. The molecule has 7 amide bonds. The molecule has 0 radical (unpaired) electrons. The molecular formula is C37H68N12O11S. The molecule has 0 saturated carbocycles. The fourth-order valence-electron chi connectivity index (χ4n) is 5.53. The molecule has 0 rings (SSSR count). The van der Waals surface area contributed by atoms with Crippen LogP contribution in [-0.4, -0.2) is 143 Å². The van der Waals surface area contributed by atoms with E-state index in [1.165, 1.54) is 18.7 Å². The molecule has 0 fully saturated rings. The first kappa shape index (κ1) is 55.8. The van der Waals surface area contributed by atoms with Gasteiger partial charge >= 0.3 is 11.9 Å². The van der Waals surface area contributed by atoms with Gasteiger partial charge in [-0.15, -0.1) is 0 Å². The number of rotatable bonds is 31. The standard InChI is InChI=1S/C37H68N12O11S/c1-7-20(4)29(36(60)46-23(11-8-9-14-38)32(56)43-18-27(52)53)49-35(59)28(19(2)3)48-30(54)21(5)44-34(58)25(17-26(50)51)47-33(57)24(12-10-15-42-37(40)41)45-31(55)22(39)13-16-61-6/h19-25,28-29H,7-18,38-39H2,1-6H3,(H,43,56)(H,44,58)(H,45,55)(H,46,60)(H,47,57)(H,48,54)(H,49,59)(H,50,51)(H,52,53)(H4,40,41,42)/t20-,21-,22-,23-,24-,25-,28-,29-/m0/s1. The Morgan fingerprint density at radius 2 is 1.18 bits per heavy atom. The van der Waals surface area contributed by atoms with Crippen LogP contribution >= 0.6 is 11.8 Å². The zero-order valence-corrected chi connectivity index (χ0v) is 36.7. The van der Waals surface area contributed by atoms with E-state index in [1.807, 2.05) is 6.26 Å². The molecule has 0 heterocycles. The molecular weight excluding hydrogens is 821 g/mol. The summed E-state index contributed by atoms with van der Waals surface area (Å²) >= 11 is 1.47. The van der Waals surface area contributed by atoms with Crippen molar-refractivity contribution < 1.29 is 53.4 Å². The van der Waals surface area contributed by atoms with E-state index in [4.69, 9.17) is 28.0 Å². The summed E-state index contributed by atoms with van der Waals surface area (Å²) < 4.78 is 0. The van der Waals surface area contributed by atoms with Gasteiger partial charge < -0.3 is 70.4 Å². The number of nitrogens with two attached hydrogens (primary N) is 4. The molecule has 23 nitrogen and oxygen atoms in total. The number of hydrogen-bond donors (Lipinski definition) is 13. The van der Waals surface area contributed by atoms with Crippen molar-refractivity contribution in [2.45, 2.75) is 128 Å². The van der Waals surface area contributed by atoms with Gasteiger partial charge in [-0.25, -0.2) is 0 Å². The second-order valence-electron chi connectivity index (χ2n) is 14.8. The number of hydrogen-bond acceptors (Lipinski definition) is 13. The van der Waals surface area contributed by atoms with Crippen LogP contribution in [-0.2, 0) is 43.2 Å². The summed E-state index contributed by atoms with van der Waals surface area (Å²) in [5.74, 6) is -9.13. The first-order valence-electron chi connectivity index (χ1n) is 20.1. The number of aliphatic carboxylic acids is 2. The highest BCUT2D eigenvalue weighted by Crippen LogP contribution is 2.12. The Kier molecular flexibility index (Phi) is 27.3. The number of carbonyl (C=O) groups excluding carboxylic acids is 7. The smallest absolute Gasteiger partial charge is 0.322 e. The SMILES string of the molecule is CC[C@H](C)[C@H](NC(=O)[C@@H](NC(=O)[C@H](C)NC(=O)[C@H](CC(=O)O)NC(=O)[C@H](CCCN=C(N)N)NC(=O)[C@@H](N)CCSC)C(C)C)C(=O)N[C@@H](CCCCN)C(=O)NCC(=O)O. The molecule has 17 N–H and O–H groups in total. The Hall–Kier alpha value is -5.23. The van der Waals surface area contributed by atoms with Gasteiger partial charge in [0.05, 0.1) is 12.5 Å². The summed E-state index contributed by atoms with van der Waals surface area (Å²) in [6.07, 6.45) is 2.95. The summed E-state index contributed by atoms with van der Waals surface area (Å²) in [6, 6.07) is -8.90. The largest absolute Gasteiger partial charge is 0.481 e. The molecule has 0 spiro atoms. The predicted molar refractivity (Wildman–Crippen MR) is 228 cm³/mol. The predicted octanol–water partition coefficient (Wildman–Crippen LogP) is -3.44. The van der Waals surface area contributed by atoms with E-state index >= 15 is 0 Å². The molecule has 24 heteroatoms. The van der Waals surface area contributed by atoms with Crippen LogP contribution in [0, 0.1) is 11.8 Å². The summed E-state index contributed by atoms with van der Waals surface area (Å²) in [5.41, 5.74) is 22.3. The van der Waals surface area contributed by atoms with Crippen molar-refractivity contribution in [3.8, 4) is 0 Å². The summed E-state index contributed by atoms with van der Waals surface area (Å²) in [5, 5.41) is 35.8. The minimum Gasteiger partial charge on any atom is -0.481 e. The second kappa shape index (κ2) is 29.9. The minimum absolute atomic E-state index is 0.0144. The molecule has 0 bridgehead atoms. The molecule has 0 aliphatic carbocycles. The molecule has 8 atom stereocenters. The van der Waals surface area contributed by atoms with Gasteiger partial charge in [0, 0.05) is 6.54 Å². The number of carboxylic acid groups (broad SMARTS) is 2. The molecule has 0 aliphatic heterocycles. The molecule has 348 valence electrons. The highest BCUT2D eigenvalue weighted by Gasteiger charge is 2.35. The topological polar surface area (TPSA) is 395 Å². The van der Waals surface area contributed by atoms with Crippen LogP contribution < -0.4 is 60.2 Å². The van der Waals surface area contributed by atoms with Gasteiger partial charge in [-0.1, -0.05) is 34.1 Å². The lowest BCUT2D eigenvalue weighted by molar-refractivity contribution is -0.141. The van der Waals surface area contributed by atoms with Crippen LogP contribution in [0.25, 0.3) is 0 Å². The lowest BCUT2D eigenvalue weighted by atomic mass is 9.95. The summed E-state index contributed by atoms with van der Waals surface area (Å²) in [7, 11) is 0. The van der Waals surface area contributed by atoms with E-state index in [0.29, 0.717) is 38.0 Å². The first-order valence-corrected chi connectivity index (χ1v) is 21.5. The molecule has 0 aliphatic rings. The van der Waals surface area contributed by atoms with Gasteiger partial charge in [0.15, 0.2) is 5.96 Å². The Morgan fingerprint density at radius 3 is 1.72 bits per heavy atom. The van der Waals surface area contributed by atoms with E-state index in [9.17, 15) is 48.3 Å². The third-order valence-electron chi connectivity index (χ3n) is 9.35. The molecule has 0 aromatic heterocycles. The number of nitrogens with zero attached hydrogens (tertiary/aromatic N) is 1. The van der Waals surface area contributed by atoms with Crippen molar-refractivity contribution in [3.63, 3.8) is 0 Å². The number of nitrogens with one attached hydrogen (secondary N) is 7. The van der Waals surface area contributed by atoms with E-state index in [-0.39, 0.29) is 31.8 Å². The minimum atomic E-state index is -1.72. The van der Waals surface area contributed by atoms with Crippen molar-refractivity contribution in [1.29, 1.82) is 0 Å². The quantitative estimate of drug-likeness (QED) is 0.0183. The lowest BCUT2D eigenvalue weighted by Gasteiger charge is -2.30. The molecule has 0 unspecified atom stereocenters. The zero-order chi connectivity index (χ0) is 46.8. The van der Waals surface area contributed by atoms with Gasteiger partial charge in [-0.3, -0.25) is 48.1 Å². The van der Waals surface area contributed by atoms with Crippen LogP contribution in [0.15, 0.2) is 4.99 Å². The normalized spacial score (nSPS) is 14.9. The third-order valence-corrected chi connectivity index (χ3v) is 9.99. The maximum atomic E-state index is 13.7. The van der Waals surface area contributed by atoms with Crippen molar-refractivity contribution in [2.75, 3.05) is 31.6 Å². The number of unbranched alkanes of at least 4 members (excludes halogenated alkanes) is 1. The van der Waals surface area contributed by atoms with E-state index in [2.05, 4.69) is 42.2 Å². The number of thioether (sulfide) groups is 1. The average Bonchev–Trinajstić information content (AvgIpc) is 3.19. The van der Waals surface area contributed by atoms with Gasteiger partial charge in [0.2, 0.25) is 41.4 Å². The molecule has 0 saturated heterocycles. The zero-order valence-electron chi connectivity index (χ0n) is 35.9. The molecule has 0 aromatic carbocycles. The van der Waals surface area contributed by atoms with Crippen LogP contribution in [0.2, 0.25) is 0 Å². The number of aliphatic imine (C=N–C) groups is 1. The maximum absolute atomic E-state index is 13.7. The lowest BCUT2D eigenvalue weighted by Crippen LogP contribution is -2.61. The number of amides is 7. The summed E-state index contributed by atoms with van der Waals surface area (Å²) in [4.78, 5) is 120. The van der Waals surface area contributed by atoms with Crippen LogP contribution in [0.1, 0.15) is 86.0 Å². The monoisotopic (exact) mass is 888 g/mol. The Labute approximate surface area is 360 Å². The maximum Gasteiger partial charge on any atom is 0.322 e. The molecule has 0 aromatic rings. The summed E-state index contributed by atoms with van der Waals surface area (Å²) in [6.45, 7) is 7.71. The van der Waals surface area contributed by atoms with Crippen LogP contribution in [0.5, 0.6) is 0 Å². The third kappa shape index (κ3) is 22.8. The Bertz CT molecular complexity index is 1520. The fraction of sp³-hybridized carbons (Fsp3) is 0.730.